The number of aliphatic imine (C=N–C) groups is 1. The second kappa shape index (κ2) is 11.3. The molecule has 1 N–H and O–H groups in total. The first-order chi connectivity index (χ1) is 14.0. The van der Waals surface area contributed by atoms with Crippen LogP contribution < -0.4 is 10.1 Å². The number of methoxy groups -OCH3 is 2. The van der Waals surface area contributed by atoms with E-state index in [1.54, 1.807) is 12.1 Å². The van der Waals surface area contributed by atoms with E-state index in [0.29, 0.717) is 24.5 Å². The molecule has 0 bridgehead atoms. The Morgan fingerprint density at radius 1 is 1.21 bits per heavy atom. The first kappa shape index (κ1) is 22.5. The molecule has 0 spiro atoms. The van der Waals surface area contributed by atoms with Gasteiger partial charge in [-0.15, -0.1) is 0 Å². The second-order valence-electron chi connectivity index (χ2n) is 6.71. The minimum atomic E-state index is -0.444. The fourth-order valence-corrected chi connectivity index (χ4v) is 3.30. The molecule has 8 nitrogen and oxygen atoms in total. The van der Waals surface area contributed by atoms with Crippen molar-refractivity contribution >= 4 is 17.9 Å². The van der Waals surface area contributed by atoms with E-state index in [-0.39, 0.29) is 11.9 Å². The third-order valence-electron chi connectivity index (χ3n) is 4.83. The Morgan fingerprint density at radius 3 is 2.52 bits per heavy atom. The summed E-state index contributed by atoms with van der Waals surface area (Å²) in [6.45, 7) is 6.90. The van der Waals surface area contributed by atoms with Crippen LogP contribution in [0, 0.1) is 5.92 Å². The quantitative estimate of drug-likeness (QED) is 0.423. The zero-order valence-corrected chi connectivity index (χ0v) is 17.7. The topological polar surface area (TPSA) is 89.5 Å². The van der Waals surface area contributed by atoms with Crippen molar-refractivity contribution in [3.05, 3.63) is 29.3 Å². The number of benzene rings is 1. The highest BCUT2D eigenvalue weighted by Crippen LogP contribution is 2.22. The van der Waals surface area contributed by atoms with E-state index >= 15 is 0 Å². The van der Waals surface area contributed by atoms with Gasteiger partial charge in [0.25, 0.3) is 0 Å². The van der Waals surface area contributed by atoms with Crippen molar-refractivity contribution in [3.8, 4) is 5.75 Å². The summed E-state index contributed by atoms with van der Waals surface area (Å²) in [6, 6.07) is 5.37. The summed E-state index contributed by atoms with van der Waals surface area (Å²) < 4.78 is 15.2. The Bertz CT molecular complexity index is 727. The minimum absolute atomic E-state index is 0.0433. The number of hydrogen-bond donors (Lipinski definition) is 1. The third kappa shape index (κ3) is 6.10. The van der Waals surface area contributed by atoms with Gasteiger partial charge < -0.3 is 24.4 Å². The first-order valence-corrected chi connectivity index (χ1v) is 9.99. The number of rotatable bonds is 7. The average molecular weight is 405 g/mol. The molecule has 0 aromatic heterocycles. The van der Waals surface area contributed by atoms with Crippen molar-refractivity contribution < 1.29 is 23.8 Å². The zero-order valence-electron chi connectivity index (χ0n) is 17.7. The molecule has 1 aliphatic rings. The monoisotopic (exact) mass is 405 g/mol. The van der Waals surface area contributed by atoms with Gasteiger partial charge in [0, 0.05) is 19.6 Å². The summed E-state index contributed by atoms with van der Waals surface area (Å²) in [6.07, 6.45) is 1.50. The number of nitrogens with one attached hydrogen (secondary N) is 1. The number of esters is 2. The number of likely N-dealkylation sites (tertiary alicyclic amines) is 1. The van der Waals surface area contributed by atoms with Gasteiger partial charge in [-0.2, -0.15) is 0 Å². The summed E-state index contributed by atoms with van der Waals surface area (Å²) in [4.78, 5) is 30.8. The minimum Gasteiger partial charge on any atom is -0.496 e. The number of hydrogen-bond acceptors (Lipinski definition) is 6. The van der Waals surface area contributed by atoms with Gasteiger partial charge in [0.2, 0.25) is 0 Å². The van der Waals surface area contributed by atoms with Crippen LogP contribution in [-0.4, -0.2) is 63.3 Å². The smallest absolute Gasteiger partial charge is 0.341 e. The maximum atomic E-state index is 12.0. The molecule has 0 atom stereocenters. The van der Waals surface area contributed by atoms with E-state index < -0.39 is 5.97 Å². The highest BCUT2D eigenvalue weighted by Gasteiger charge is 2.27. The Labute approximate surface area is 172 Å². The lowest BCUT2D eigenvalue weighted by atomic mass is 9.97. The van der Waals surface area contributed by atoms with Crippen LogP contribution in [0.3, 0.4) is 0 Å². The second-order valence-corrected chi connectivity index (χ2v) is 6.71. The van der Waals surface area contributed by atoms with Crippen molar-refractivity contribution in [3.63, 3.8) is 0 Å². The van der Waals surface area contributed by atoms with E-state index in [9.17, 15) is 9.59 Å². The molecule has 1 aliphatic heterocycles. The Hall–Kier alpha value is -2.77. The molecule has 0 saturated carbocycles. The van der Waals surface area contributed by atoms with Gasteiger partial charge in [-0.3, -0.25) is 4.79 Å². The van der Waals surface area contributed by atoms with Crippen molar-refractivity contribution in [1.29, 1.82) is 0 Å². The van der Waals surface area contributed by atoms with Gasteiger partial charge in [0.1, 0.15) is 11.3 Å². The number of nitrogens with zero attached hydrogens (tertiary/aromatic N) is 2. The van der Waals surface area contributed by atoms with Crippen LogP contribution in [0.4, 0.5) is 0 Å². The summed E-state index contributed by atoms with van der Waals surface area (Å²) in [7, 11) is 2.86. The molecule has 1 fully saturated rings. The lowest BCUT2D eigenvalue weighted by Crippen LogP contribution is -2.46. The summed E-state index contributed by atoms with van der Waals surface area (Å²) in [5, 5.41) is 3.31. The maximum Gasteiger partial charge on any atom is 0.341 e. The van der Waals surface area contributed by atoms with Crippen molar-refractivity contribution in [2.45, 2.75) is 33.2 Å². The first-order valence-electron chi connectivity index (χ1n) is 9.99. The van der Waals surface area contributed by atoms with E-state index in [1.165, 1.54) is 14.2 Å². The Kier molecular flexibility index (Phi) is 8.76. The standard InChI is InChI=1S/C21H31N3O5/c1-5-22-21(24-11-9-16(10-12-24)19(25)29-6-2)23-14-15-7-8-18(27-3)17(13-15)20(26)28-4/h7-8,13,16H,5-6,9-12,14H2,1-4H3,(H,22,23). The fraction of sp³-hybridized carbons (Fsp3) is 0.571. The predicted octanol–water partition coefficient (Wildman–Crippen LogP) is 2.22. The highest BCUT2D eigenvalue weighted by molar-refractivity contribution is 5.92. The van der Waals surface area contributed by atoms with Gasteiger partial charge in [-0.05, 0) is 44.4 Å². The lowest BCUT2D eigenvalue weighted by molar-refractivity contribution is -0.149. The molecule has 8 heteroatoms. The molecule has 2 rings (SSSR count). The Morgan fingerprint density at radius 2 is 1.93 bits per heavy atom. The maximum absolute atomic E-state index is 12.0. The fourth-order valence-electron chi connectivity index (χ4n) is 3.30. The zero-order chi connectivity index (χ0) is 21.2. The molecular formula is C21H31N3O5. The highest BCUT2D eigenvalue weighted by atomic mass is 16.5. The molecule has 1 heterocycles. The summed E-state index contributed by atoms with van der Waals surface area (Å²) >= 11 is 0. The SMILES string of the molecule is CCNC(=NCc1ccc(OC)c(C(=O)OC)c1)N1CCC(C(=O)OCC)CC1. The van der Waals surface area contributed by atoms with Crippen LogP contribution in [0.1, 0.15) is 42.6 Å². The van der Waals surface area contributed by atoms with E-state index in [4.69, 9.17) is 19.2 Å². The van der Waals surface area contributed by atoms with E-state index in [2.05, 4.69) is 10.2 Å². The predicted molar refractivity (Wildman–Crippen MR) is 110 cm³/mol. The van der Waals surface area contributed by atoms with Gasteiger partial charge in [-0.25, -0.2) is 9.79 Å². The molecule has 29 heavy (non-hydrogen) atoms. The van der Waals surface area contributed by atoms with E-state index in [1.807, 2.05) is 19.9 Å². The van der Waals surface area contributed by atoms with Gasteiger partial charge in [0.05, 0.1) is 33.3 Å². The molecule has 1 aromatic carbocycles. The largest absolute Gasteiger partial charge is 0.496 e. The van der Waals surface area contributed by atoms with Crippen molar-refractivity contribution in [2.24, 2.45) is 10.9 Å². The lowest BCUT2D eigenvalue weighted by Gasteiger charge is -2.33. The van der Waals surface area contributed by atoms with Gasteiger partial charge in [-0.1, -0.05) is 6.07 Å². The van der Waals surface area contributed by atoms with Crippen LogP contribution in [0.5, 0.6) is 5.75 Å². The van der Waals surface area contributed by atoms with E-state index in [0.717, 1.165) is 44.0 Å². The Balaban J connectivity index is 2.08. The number of guanidine groups is 1. The summed E-state index contributed by atoms with van der Waals surface area (Å²) in [5.41, 5.74) is 1.26. The molecule has 1 aromatic rings. The van der Waals surface area contributed by atoms with Crippen molar-refractivity contribution in [2.75, 3.05) is 40.5 Å². The number of carbonyl (C=O) groups is 2. The molecule has 0 radical (unpaired) electrons. The molecule has 0 aliphatic carbocycles. The van der Waals surface area contributed by atoms with Crippen LogP contribution >= 0.6 is 0 Å². The van der Waals surface area contributed by atoms with Crippen LogP contribution in [0.25, 0.3) is 0 Å². The molecule has 0 unspecified atom stereocenters. The number of carbonyl (C=O) groups excluding carboxylic acids is 2. The van der Waals surface area contributed by atoms with Gasteiger partial charge in [0.15, 0.2) is 5.96 Å². The molecule has 160 valence electrons. The number of piperidine rings is 1. The number of ether oxygens (including phenoxy) is 3. The average Bonchev–Trinajstić information content (AvgIpc) is 2.76. The normalized spacial score (nSPS) is 15.0. The third-order valence-corrected chi connectivity index (χ3v) is 4.83. The van der Waals surface area contributed by atoms with Crippen LogP contribution in [0.2, 0.25) is 0 Å². The summed E-state index contributed by atoms with van der Waals surface area (Å²) in [5.74, 6) is 0.671. The molecule has 1 saturated heterocycles. The van der Waals surface area contributed by atoms with Gasteiger partial charge >= 0.3 is 11.9 Å². The molecular weight excluding hydrogens is 374 g/mol. The van der Waals surface area contributed by atoms with Crippen LogP contribution in [0.15, 0.2) is 23.2 Å². The van der Waals surface area contributed by atoms with Crippen molar-refractivity contribution in [1.82, 2.24) is 10.2 Å². The molecule has 0 amide bonds. The van der Waals surface area contributed by atoms with Crippen LogP contribution in [-0.2, 0) is 20.8 Å².